The van der Waals surface area contributed by atoms with Crippen LogP contribution in [-0.2, 0) is 21.2 Å². The van der Waals surface area contributed by atoms with Crippen molar-refractivity contribution in [2.24, 2.45) is 5.92 Å². The molecule has 0 unspecified atom stereocenters. The van der Waals surface area contributed by atoms with Crippen LogP contribution in [0.5, 0.6) is 0 Å². The molecule has 5 rings (SSSR count). The van der Waals surface area contributed by atoms with Gasteiger partial charge in [-0.25, -0.2) is 12.9 Å². The molecule has 0 radical (unpaired) electrons. The van der Waals surface area contributed by atoms with Crippen LogP contribution in [0.3, 0.4) is 0 Å². The number of hydrogen-bond donors (Lipinski definition) is 1. The van der Waals surface area contributed by atoms with E-state index >= 15 is 0 Å². The Morgan fingerprint density at radius 3 is 2.20 bits per heavy atom. The second kappa shape index (κ2) is 12.9. The lowest BCUT2D eigenvalue weighted by Crippen LogP contribution is -2.39. The number of hydrogen-bond acceptors (Lipinski definition) is 6. The van der Waals surface area contributed by atoms with Crippen LogP contribution in [0.25, 0.3) is 16.9 Å². The number of aromatic nitrogens is 3. The third kappa shape index (κ3) is 7.41. The van der Waals surface area contributed by atoms with E-state index in [2.05, 4.69) is 32.4 Å². The van der Waals surface area contributed by atoms with Crippen molar-refractivity contribution in [3.8, 4) is 11.3 Å². The average molecular weight is 534 g/mol. The van der Waals surface area contributed by atoms with Gasteiger partial charge in [-0.1, -0.05) is 30.3 Å². The summed E-state index contributed by atoms with van der Waals surface area (Å²) in [4.78, 5) is 18.6. The molecule has 9 N–H and O–H groups in total. The molecule has 0 atom stereocenters. The summed E-state index contributed by atoms with van der Waals surface area (Å²) in [5, 5.41) is 7.28. The summed E-state index contributed by atoms with van der Waals surface area (Å²) in [6, 6.07) is 14.0. The highest BCUT2D eigenvalue weighted by Gasteiger charge is 2.30. The fourth-order valence-electron chi connectivity index (χ4n) is 3.68. The highest BCUT2D eigenvalue weighted by molar-refractivity contribution is 7.91. The third-order valence-corrected chi connectivity index (χ3v) is 7.24. The minimum Gasteiger partial charge on any atom is -0.412 e. The smallest absolute Gasteiger partial charge is 0.249 e. The lowest BCUT2D eigenvalue weighted by Gasteiger charge is -2.26. The van der Waals surface area contributed by atoms with Gasteiger partial charge in [-0.15, -0.1) is 17.5 Å². The molecule has 2 aliphatic rings. The number of halogens is 1. The summed E-state index contributed by atoms with van der Waals surface area (Å²) in [5.41, 5.74) is 3.71. The minimum atomic E-state index is -2.86. The Hall–Kier alpha value is -2.65. The molecule has 35 heavy (non-hydrogen) atoms. The van der Waals surface area contributed by atoms with E-state index in [0.717, 1.165) is 36.2 Å². The molecule has 0 spiro atoms. The SMILES string of the molecule is Cl.O.O.O.O.O=C(Nc1nc2cccc(-c3ccc(CN4CCS(=O)(=O)CC4)cc3)n2n1)C1CC1. The zero-order chi connectivity index (χ0) is 20.7. The van der Waals surface area contributed by atoms with Crippen LogP contribution < -0.4 is 5.32 Å². The van der Waals surface area contributed by atoms with Gasteiger partial charge in [0.05, 0.1) is 17.2 Å². The van der Waals surface area contributed by atoms with Crippen LogP contribution in [0.15, 0.2) is 42.5 Å². The first-order valence-electron chi connectivity index (χ1n) is 10.2. The first-order valence-corrected chi connectivity index (χ1v) is 12.0. The molecule has 196 valence electrons. The minimum absolute atomic E-state index is 0. The van der Waals surface area contributed by atoms with E-state index in [-0.39, 0.29) is 57.6 Å². The lowest BCUT2D eigenvalue weighted by molar-refractivity contribution is -0.117. The van der Waals surface area contributed by atoms with Gasteiger partial charge in [-0.2, -0.15) is 4.98 Å². The summed E-state index contributed by atoms with van der Waals surface area (Å²) < 4.78 is 24.9. The standard InChI is InChI=1S/C21H23N5O3S.ClH.4H2O/c27-20(17-8-9-17)23-21-22-19-3-1-2-18(26(19)24-21)16-6-4-15(5-7-16)14-25-10-12-30(28,29)13-11-25;;;;;/h1-7,17H,8-14H2,(H,23,24,27);1H;4*1H2. The molecule has 0 bridgehead atoms. The maximum absolute atomic E-state index is 12.0. The number of rotatable bonds is 5. The van der Waals surface area contributed by atoms with Crippen molar-refractivity contribution in [2.45, 2.75) is 19.4 Å². The topological polar surface area (TPSA) is 223 Å². The first-order chi connectivity index (χ1) is 14.5. The van der Waals surface area contributed by atoms with Gasteiger partial charge < -0.3 is 21.9 Å². The van der Waals surface area contributed by atoms with Crippen LogP contribution in [0.2, 0.25) is 0 Å². The number of anilines is 1. The normalized spacial score (nSPS) is 16.3. The summed E-state index contributed by atoms with van der Waals surface area (Å²) >= 11 is 0. The predicted molar refractivity (Wildman–Crippen MR) is 135 cm³/mol. The highest BCUT2D eigenvalue weighted by atomic mass is 35.5. The number of amides is 1. The van der Waals surface area contributed by atoms with Crippen molar-refractivity contribution in [1.29, 1.82) is 0 Å². The quantitative estimate of drug-likeness (QED) is 0.436. The summed E-state index contributed by atoms with van der Waals surface area (Å²) in [6.07, 6.45) is 1.87. The molecular formula is C21H32ClN5O7S. The number of carbonyl (C=O) groups is 1. The van der Waals surface area contributed by atoms with Gasteiger partial charge in [0.25, 0.3) is 0 Å². The molecule has 1 aromatic carbocycles. The van der Waals surface area contributed by atoms with E-state index in [4.69, 9.17) is 0 Å². The summed E-state index contributed by atoms with van der Waals surface area (Å²) in [6.45, 7) is 1.90. The number of sulfone groups is 1. The Bertz CT molecular complexity index is 1200. The van der Waals surface area contributed by atoms with Crippen molar-refractivity contribution in [2.75, 3.05) is 29.9 Å². The van der Waals surface area contributed by atoms with Crippen molar-refractivity contribution in [1.82, 2.24) is 19.5 Å². The Morgan fingerprint density at radius 2 is 1.60 bits per heavy atom. The van der Waals surface area contributed by atoms with Crippen LogP contribution in [0, 0.1) is 5.92 Å². The Balaban J connectivity index is 0.00000231. The fourth-order valence-corrected chi connectivity index (χ4v) is 4.96. The molecule has 1 aliphatic heterocycles. The molecular weight excluding hydrogens is 502 g/mol. The van der Waals surface area contributed by atoms with Crippen LogP contribution >= 0.6 is 12.4 Å². The van der Waals surface area contributed by atoms with E-state index in [1.807, 2.05) is 30.3 Å². The van der Waals surface area contributed by atoms with Gasteiger partial charge in [-0.3, -0.25) is 15.0 Å². The number of nitrogens with zero attached hydrogens (tertiary/aromatic N) is 4. The molecule has 3 heterocycles. The van der Waals surface area contributed by atoms with Crippen LogP contribution in [0.4, 0.5) is 5.95 Å². The molecule has 1 saturated carbocycles. The monoisotopic (exact) mass is 533 g/mol. The predicted octanol–water partition coefficient (Wildman–Crippen LogP) is -0.902. The highest BCUT2D eigenvalue weighted by Crippen LogP contribution is 2.30. The number of carbonyl (C=O) groups excluding carboxylic acids is 1. The number of nitrogens with one attached hydrogen (secondary N) is 1. The van der Waals surface area contributed by atoms with E-state index in [0.29, 0.717) is 24.7 Å². The van der Waals surface area contributed by atoms with Crippen LogP contribution in [0.1, 0.15) is 18.4 Å². The molecule has 3 aromatic rings. The lowest BCUT2D eigenvalue weighted by atomic mass is 10.1. The second-order valence-corrected chi connectivity index (χ2v) is 10.3. The van der Waals surface area contributed by atoms with E-state index in [1.54, 1.807) is 4.52 Å². The van der Waals surface area contributed by atoms with E-state index < -0.39 is 9.84 Å². The fraction of sp³-hybridized carbons (Fsp3) is 0.381. The Kier molecular flexibility index (Phi) is 11.9. The molecule has 2 fully saturated rings. The van der Waals surface area contributed by atoms with Gasteiger partial charge in [-0.05, 0) is 30.5 Å². The van der Waals surface area contributed by atoms with Gasteiger partial charge in [0.2, 0.25) is 11.9 Å². The second-order valence-electron chi connectivity index (χ2n) is 8.00. The molecule has 2 aromatic heterocycles. The van der Waals surface area contributed by atoms with Crippen molar-refractivity contribution < 1.29 is 35.1 Å². The largest absolute Gasteiger partial charge is 0.412 e. The molecule has 12 nitrogen and oxygen atoms in total. The Morgan fingerprint density at radius 1 is 0.971 bits per heavy atom. The molecule has 1 aliphatic carbocycles. The molecule has 14 heteroatoms. The van der Waals surface area contributed by atoms with Crippen LogP contribution in [-0.4, -0.2) is 80.3 Å². The van der Waals surface area contributed by atoms with E-state index in [9.17, 15) is 13.2 Å². The Labute approximate surface area is 208 Å². The summed E-state index contributed by atoms with van der Waals surface area (Å²) in [7, 11) is -2.86. The maximum Gasteiger partial charge on any atom is 0.249 e. The van der Waals surface area contributed by atoms with Gasteiger partial charge in [0.1, 0.15) is 0 Å². The molecule has 1 amide bonds. The van der Waals surface area contributed by atoms with Crippen molar-refractivity contribution in [3.63, 3.8) is 0 Å². The number of pyridine rings is 1. The van der Waals surface area contributed by atoms with E-state index in [1.165, 1.54) is 0 Å². The zero-order valence-corrected chi connectivity index (χ0v) is 20.5. The average Bonchev–Trinajstić information content (AvgIpc) is 3.50. The van der Waals surface area contributed by atoms with Gasteiger partial charge in [0.15, 0.2) is 15.5 Å². The van der Waals surface area contributed by atoms with Crippen molar-refractivity contribution in [3.05, 3.63) is 48.0 Å². The zero-order valence-electron chi connectivity index (χ0n) is 18.9. The third-order valence-electron chi connectivity index (χ3n) is 5.64. The summed E-state index contributed by atoms with van der Waals surface area (Å²) in [5.74, 6) is 0.889. The number of benzene rings is 1. The number of fused-ring (bicyclic) bond motifs is 1. The first kappa shape index (κ1) is 32.4. The maximum atomic E-state index is 12.0. The molecule has 1 saturated heterocycles. The van der Waals surface area contributed by atoms with Gasteiger partial charge >= 0.3 is 0 Å². The van der Waals surface area contributed by atoms with Gasteiger partial charge in [0, 0.05) is 31.1 Å². The van der Waals surface area contributed by atoms with Crippen molar-refractivity contribution >= 4 is 39.7 Å².